The Hall–Kier alpha value is -3.39. The number of carbonyl (C=O) groups excluding carboxylic acids is 3. The Balaban J connectivity index is 1.87. The first kappa shape index (κ1) is 26.7. The monoisotopic (exact) mass is 567 g/mol. The fourth-order valence-electron chi connectivity index (χ4n) is 5.17. The number of ether oxygens (including phenoxy) is 3. The lowest BCUT2D eigenvalue weighted by atomic mass is 9.67. The van der Waals surface area contributed by atoms with Gasteiger partial charge in [0.1, 0.15) is 11.7 Å². The lowest BCUT2D eigenvalue weighted by molar-refractivity contribution is -0.152. The molecule has 37 heavy (non-hydrogen) atoms. The van der Waals surface area contributed by atoms with E-state index in [1.165, 1.54) is 0 Å². The van der Waals surface area contributed by atoms with Gasteiger partial charge in [-0.1, -0.05) is 40.2 Å². The van der Waals surface area contributed by atoms with Crippen LogP contribution in [-0.2, 0) is 23.9 Å². The molecule has 0 saturated carbocycles. The number of methoxy groups -OCH3 is 1. The quantitative estimate of drug-likeness (QED) is 0.364. The van der Waals surface area contributed by atoms with Crippen molar-refractivity contribution in [1.29, 1.82) is 0 Å². The highest BCUT2D eigenvalue weighted by Gasteiger charge is 2.49. The Morgan fingerprint density at radius 3 is 2.19 bits per heavy atom. The van der Waals surface area contributed by atoms with Gasteiger partial charge in [0.2, 0.25) is 0 Å². The van der Waals surface area contributed by atoms with E-state index in [1.807, 2.05) is 55.5 Å². The van der Waals surface area contributed by atoms with Crippen LogP contribution in [0.4, 0.5) is 0 Å². The number of halogens is 1. The molecule has 2 aromatic rings. The van der Waals surface area contributed by atoms with Crippen molar-refractivity contribution in [3.63, 3.8) is 0 Å². The average molecular weight is 568 g/mol. The number of allylic oxidation sites excluding steroid dienone is 3. The molecular formula is C29H30BrNO6. The van der Waals surface area contributed by atoms with Crippen molar-refractivity contribution in [3.8, 4) is 5.75 Å². The minimum atomic E-state index is -1.05. The minimum absolute atomic E-state index is 0.158. The van der Waals surface area contributed by atoms with Gasteiger partial charge < -0.3 is 19.5 Å². The molecule has 2 aliphatic rings. The lowest BCUT2D eigenvalue weighted by Gasteiger charge is -2.39. The predicted molar refractivity (Wildman–Crippen MR) is 142 cm³/mol. The van der Waals surface area contributed by atoms with Crippen LogP contribution in [0.1, 0.15) is 50.2 Å². The molecule has 0 bridgehead atoms. The number of esters is 2. The van der Waals surface area contributed by atoms with Gasteiger partial charge >= 0.3 is 11.9 Å². The Kier molecular flexibility index (Phi) is 8.17. The topological polar surface area (TPSA) is 90.9 Å². The third-order valence-corrected chi connectivity index (χ3v) is 7.33. The number of ketones is 1. The van der Waals surface area contributed by atoms with Crippen molar-refractivity contribution in [1.82, 2.24) is 5.32 Å². The van der Waals surface area contributed by atoms with Crippen LogP contribution in [0, 0.1) is 5.92 Å². The molecule has 0 unspecified atom stereocenters. The van der Waals surface area contributed by atoms with Gasteiger partial charge in [-0.2, -0.15) is 0 Å². The molecule has 0 spiro atoms. The van der Waals surface area contributed by atoms with Crippen LogP contribution in [0.3, 0.4) is 0 Å². The van der Waals surface area contributed by atoms with E-state index in [0.717, 1.165) is 15.6 Å². The Labute approximate surface area is 225 Å². The first-order valence-electron chi connectivity index (χ1n) is 12.3. The lowest BCUT2D eigenvalue weighted by Crippen LogP contribution is -2.43. The van der Waals surface area contributed by atoms with E-state index in [-0.39, 0.29) is 19.0 Å². The van der Waals surface area contributed by atoms with Gasteiger partial charge in [-0.3, -0.25) is 9.59 Å². The maximum atomic E-state index is 14.3. The van der Waals surface area contributed by atoms with E-state index in [2.05, 4.69) is 21.2 Å². The second kappa shape index (κ2) is 11.3. The van der Waals surface area contributed by atoms with Gasteiger partial charge in [-0.05, 0) is 62.6 Å². The number of benzene rings is 2. The number of hydrogen-bond donors (Lipinski definition) is 1. The molecule has 3 atom stereocenters. The molecule has 0 saturated heterocycles. The summed E-state index contributed by atoms with van der Waals surface area (Å²) in [7, 11) is 1.59. The summed E-state index contributed by atoms with van der Waals surface area (Å²) in [6.07, 6.45) is 0.400. The van der Waals surface area contributed by atoms with E-state index in [0.29, 0.717) is 34.7 Å². The van der Waals surface area contributed by atoms with Gasteiger partial charge in [0, 0.05) is 33.3 Å². The van der Waals surface area contributed by atoms with Crippen LogP contribution in [0.25, 0.3) is 0 Å². The molecule has 7 nitrogen and oxygen atoms in total. The highest BCUT2D eigenvalue weighted by Crippen LogP contribution is 2.48. The van der Waals surface area contributed by atoms with Crippen LogP contribution in [-0.4, -0.2) is 38.0 Å². The molecule has 1 aliphatic heterocycles. The number of dihydropyridines is 1. The molecule has 2 aromatic carbocycles. The first-order chi connectivity index (χ1) is 17.8. The molecule has 0 fully saturated rings. The fourth-order valence-corrected chi connectivity index (χ4v) is 5.43. The predicted octanol–water partition coefficient (Wildman–Crippen LogP) is 5.17. The number of rotatable bonds is 7. The van der Waals surface area contributed by atoms with Crippen molar-refractivity contribution in [3.05, 3.63) is 86.7 Å². The van der Waals surface area contributed by atoms with Gasteiger partial charge in [0.05, 0.1) is 25.9 Å². The minimum Gasteiger partial charge on any atom is -0.497 e. The maximum Gasteiger partial charge on any atom is 0.336 e. The summed E-state index contributed by atoms with van der Waals surface area (Å²) >= 11 is 3.46. The molecule has 1 heterocycles. The molecule has 1 aliphatic carbocycles. The standard InChI is InChI=1S/C29H30BrNO6/c1-5-36-28(33)23-16(3)31-22-15-21(17-9-13-20(35-4)14-10-17)25(29(34)37-6-2)27(32)26(22)24(23)18-7-11-19(30)12-8-18/h7-14,21,24-25,31H,5-6,15H2,1-4H3/t21-,24-,25+/m0/s1. The first-order valence-corrected chi connectivity index (χ1v) is 13.1. The van der Waals surface area contributed by atoms with E-state index in [1.54, 1.807) is 21.0 Å². The molecule has 4 rings (SSSR count). The Morgan fingerprint density at radius 2 is 1.59 bits per heavy atom. The van der Waals surface area contributed by atoms with Crippen LogP contribution >= 0.6 is 15.9 Å². The van der Waals surface area contributed by atoms with Crippen LogP contribution in [0.15, 0.2) is 75.5 Å². The summed E-state index contributed by atoms with van der Waals surface area (Å²) in [6, 6.07) is 14.9. The SMILES string of the molecule is CCOC(=O)C1=C(C)NC2=C(C(=O)[C@H](C(=O)OCC)[C@H](c3ccc(OC)cc3)C2)[C@H]1c1ccc(Br)cc1. The smallest absolute Gasteiger partial charge is 0.336 e. The third-order valence-electron chi connectivity index (χ3n) is 6.80. The number of carbonyl (C=O) groups is 3. The summed E-state index contributed by atoms with van der Waals surface area (Å²) in [4.78, 5) is 40.6. The molecule has 0 radical (unpaired) electrons. The molecule has 0 amide bonds. The van der Waals surface area contributed by atoms with Crippen molar-refractivity contribution in [2.45, 2.75) is 39.0 Å². The molecule has 8 heteroatoms. The Morgan fingerprint density at radius 1 is 0.973 bits per heavy atom. The molecule has 194 valence electrons. The third kappa shape index (κ3) is 5.21. The van der Waals surface area contributed by atoms with E-state index >= 15 is 0 Å². The zero-order valence-electron chi connectivity index (χ0n) is 21.3. The highest BCUT2D eigenvalue weighted by atomic mass is 79.9. The van der Waals surface area contributed by atoms with Gasteiger partial charge in [0.15, 0.2) is 5.78 Å². The van der Waals surface area contributed by atoms with E-state index in [9.17, 15) is 14.4 Å². The summed E-state index contributed by atoms with van der Waals surface area (Å²) in [5.74, 6) is -2.90. The van der Waals surface area contributed by atoms with E-state index < -0.39 is 29.7 Å². The summed E-state index contributed by atoms with van der Waals surface area (Å²) in [5, 5.41) is 3.31. The second-order valence-corrected chi connectivity index (χ2v) is 9.85. The van der Waals surface area contributed by atoms with Crippen molar-refractivity contribution >= 4 is 33.7 Å². The van der Waals surface area contributed by atoms with Crippen molar-refractivity contribution in [2.24, 2.45) is 5.92 Å². The number of hydrogen-bond acceptors (Lipinski definition) is 7. The van der Waals surface area contributed by atoms with Crippen LogP contribution in [0.2, 0.25) is 0 Å². The zero-order chi connectivity index (χ0) is 26.7. The van der Waals surface area contributed by atoms with Crippen molar-refractivity contribution < 1.29 is 28.6 Å². The zero-order valence-corrected chi connectivity index (χ0v) is 22.9. The highest BCUT2D eigenvalue weighted by molar-refractivity contribution is 9.10. The summed E-state index contributed by atoms with van der Waals surface area (Å²) in [6.45, 7) is 5.63. The van der Waals surface area contributed by atoms with Crippen LogP contribution < -0.4 is 10.1 Å². The maximum absolute atomic E-state index is 14.3. The van der Waals surface area contributed by atoms with Gasteiger partial charge in [-0.25, -0.2) is 4.79 Å². The van der Waals surface area contributed by atoms with Gasteiger partial charge in [-0.15, -0.1) is 0 Å². The van der Waals surface area contributed by atoms with E-state index in [4.69, 9.17) is 14.2 Å². The van der Waals surface area contributed by atoms with Crippen LogP contribution in [0.5, 0.6) is 5.75 Å². The summed E-state index contributed by atoms with van der Waals surface area (Å²) < 4.78 is 16.9. The Bertz CT molecular complexity index is 1260. The second-order valence-electron chi connectivity index (χ2n) is 8.94. The number of nitrogens with one attached hydrogen (secondary N) is 1. The fraction of sp³-hybridized carbons (Fsp3) is 0.345. The van der Waals surface area contributed by atoms with Crippen molar-refractivity contribution in [2.75, 3.05) is 20.3 Å². The summed E-state index contributed by atoms with van der Waals surface area (Å²) in [5.41, 5.74) is 3.68. The number of Topliss-reactive ketones (excluding diaryl/α,β-unsaturated/α-hetero) is 1. The van der Waals surface area contributed by atoms with Gasteiger partial charge in [0.25, 0.3) is 0 Å². The molecular weight excluding hydrogens is 538 g/mol. The molecule has 1 N–H and O–H groups in total. The normalized spacial score (nSPS) is 21.2. The average Bonchev–Trinajstić information content (AvgIpc) is 2.88. The molecule has 0 aromatic heterocycles. The largest absolute Gasteiger partial charge is 0.497 e.